The van der Waals surface area contributed by atoms with Crippen LogP contribution >= 0.6 is 0 Å². The highest BCUT2D eigenvalue weighted by Crippen LogP contribution is 2.48. The van der Waals surface area contributed by atoms with Gasteiger partial charge in [0.05, 0.1) is 30.2 Å². The fraction of sp³-hybridized carbons (Fsp3) is 0.667. The standard InChI is InChI=1S/C16H21N3O4S.C11H19NO2/c1-11(2)13-10-22-16(3,4)19(13)15(20)14(18-17)23-24(21)12-8-6-5-7-9-12;1-7-9(13)12-8(10(7,2)3)6-14-11(12,4)5/h5-9,11,13H,10H2,1-4H3;7-8H,6H2,1-5H3. The monoisotopic (exact) mass is 548 g/mol. The van der Waals surface area contributed by atoms with Gasteiger partial charge in [-0.3, -0.25) is 14.5 Å². The molecule has 4 unspecified atom stereocenters. The van der Waals surface area contributed by atoms with E-state index in [0.717, 1.165) is 0 Å². The molecule has 38 heavy (non-hydrogen) atoms. The summed E-state index contributed by atoms with van der Waals surface area (Å²) in [5, 5.41) is 0. The molecule has 210 valence electrons. The third kappa shape index (κ3) is 5.57. The number of fused-ring (bicyclic) bond motifs is 1. The first-order chi connectivity index (χ1) is 17.6. The Kier molecular flexibility index (Phi) is 8.58. The van der Waals surface area contributed by atoms with Gasteiger partial charge in [0.15, 0.2) is 0 Å². The number of carbonyl (C=O) groups excluding carboxylic acids is 2. The van der Waals surface area contributed by atoms with Crippen molar-refractivity contribution in [2.24, 2.45) is 17.3 Å². The molecule has 0 bridgehead atoms. The van der Waals surface area contributed by atoms with Crippen LogP contribution in [0.3, 0.4) is 0 Å². The van der Waals surface area contributed by atoms with Crippen LogP contribution in [0.25, 0.3) is 5.53 Å². The molecule has 0 radical (unpaired) electrons. The van der Waals surface area contributed by atoms with E-state index in [1.165, 1.54) is 4.90 Å². The summed E-state index contributed by atoms with van der Waals surface area (Å²) in [6.45, 7) is 18.8. The average molecular weight is 549 g/mol. The molecule has 1 aromatic carbocycles. The van der Waals surface area contributed by atoms with Gasteiger partial charge in [-0.15, -0.1) is 4.79 Å². The second-order valence-electron chi connectivity index (χ2n) is 11.8. The van der Waals surface area contributed by atoms with E-state index in [1.54, 1.807) is 44.2 Å². The zero-order chi connectivity index (χ0) is 28.6. The number of hydrogen-bond donors (Lipinski definition) is 0. The van der Waals surface area contributed by atoms with E-state index in [1.807, 2.05) is 39.5 Å². The third-order valence-electron chi connectivity index (χ3n) is 7.94. The lowest BCUT2D eigenvalue weighted by molar-refractivity contribution is -0.146. The van der Waals surface area contributed by atoms with Crippen molar-refractivity contribution in [3.63, 3.8) is 0 Å². The number of nitrogens with zero attached hydrogens (tertiary/aromatic N) is 4. The SMILES string of the molecule is CC(C)C1COC(C)(C)N1C(=O)C(=[N+]=[N-])OS(=O)c1ccccc1.CC1C(=O)N2C(COC2(C)C)C1(C)C. The van der Waals surface area contributed by atoms with E-state index in [-0.39, 0.29) is 35.2 Å². The predicted molar refractivity (Wildman–Crippen MR) is 142 cm³/mol. The molecule has 3 fully saturated rings. The van der Waals surface area contributed by atoms with Crippen LogP contribution in [-0.2, 0) is 34.3 Å². The molecule has 0 N–H and O–H groups in total. The first kappa shape index (κ1) is 30.0. The van der Waals surface area contributed by atoms with Crippen LogP contribution in [0, 0.1) is 17.3 Å². The second-order valence-corrected chi connectivity index (χ2v) is 12.9. The van der Waals surface area contributed by atoms with Gasteiger partial charge in [-0.25, -0.2) is 4.21 Å². The molecular formula is C27H40N4O6S. The minimum atomic E-state index is -1.96. The molecule has 4 atom stereocenters. The lowest BCUT2D eigenvalue weighted by atomic mass is 9.78. The Bertz CT molecular complexity index is 1130. The first-order valence-electron chi connectivity index (χ1n) is 12.9. The Morgan fingerprint density at radius 1 is 1.08 bits per heavy atom. The highest BCUT2D eigenvalue weighted by molar-refractivity contribution is 7.80. The van der Waals surface area contributed by atoms with Gasteiger partial charge in [0, 0.05) is 5.92 Å². The normalized spacial score (nSPS) is 27.3. The number of carbonyl (C=O) groups is 2. The molecule has 3 aliphatic rings. The molecule has 0 saturated carbocycles. The van der Waals surface area contributed by atoms with Crippen molar-refractivity contribution in [1.29, 1.82) is 0 Å². The number of benzene rings is 1. The quantitative estimate of drug-likeness (QED) is 0.246. The molecular weight excluding hydrogens is 508 g/mol. The molecule has 1 aromatic rings. The van der Waals surface area contributed by atoms with Crippen molar-refractivity contribution in [1.82, 2.24) is 9.80 Å². The topological polar surface area (TPSA) is 122 Å². The lowest BCUT2D eigenvalue weighted by Crippen LogP contribution is -2.52. The molecule has 3 aliphatic heterocycles. The summed E-state index contributed by atoms with van der Waals surface area (Å²) >= 11 is -1.96. The number of ether oxygens (including phenoxy) is 2. The molecule has 4 rings (SSSR count). The molecule has 0 aromatic heterocycles. The third-order valence-corrected chi connectivity index (χ3v) is 8.91. The summed E-state index contributed by atoms with van der Waals surface area (Å²) in [5.74, 6) is -0.808. The average Bonchev–Trinajstić information content (AvgIpc) is 3.42. The summed E-state index contributed by atoms with van der Waals surface area (Å²) in [7, 11) is 0. The first-order valence-corrected chi connectivity index (χ1v) is 14.0. The van der Waals surface area contributed by atoms with E-state index < -0.39 is 34.3 Å². The molecule has 10 nitrogen and oxygen atoms in total. The van der Waals surface area contributed by atoms with Gasteiger partial charge in [0.1, 0.15) is 11.4 Å². The fourth-order valence-corrected chi connectivity index (χ4v) is 5.88. The van der Waals surface area contributed by atoms with Gasteiger partial charge in [0.25, 0.3) is 0 Å². The maximum Gasteiger partial charge on any atom is 0.555 e. The zero-order valence-electron chi connectivity index (χ0n) is 23.8. The second kappa shape index (κ2) is 10.9. The predicted octanol–water partition coefficient (Wildman–Crippen LogP) is 3.60. The lowest BCUT2D eigenvalue weighted by Gasteiger charge is -2.33. The Morgan fingerprint density at radius 2 is 1.66 bits per heavy atom. The van der Waals surface area contributed by atoms with E-state index in [4.69, 9.17) is 13.7 Å². The van der Waals surface area contributed by atoms with E-state index in [0.29, 0.717) is 18.1 Å². The van der Waals surface area contributed by atoms with Crippen LogP contribution in [0.4, 0.5) is 0 Å². The van der Waals surface area contributed by atoms with Crippen molar-refractivity contribution in [3.05, 3.63) is 35.9 Å². The Hall–Kier alpha value is -2.59. The van der Waals surface area contributed by atoms with Gasteiger partial charge in [0.2, 0.25) is 17.0 Å². The summed E-state index contributed by atoms with van der Waals surface area (Å²) in [6, 6.07) is 8.40. The summed E-state index contributed by atoms with van der Waals surface area (Å²) in [6.07, 6.45) is 0. The largest absolute Gasteiger partial charge is 0.555 e. The highest BCUT2D eigenvalue weighted by atomic mass is 32.2. The van der Waals surface area contributed by atoms with E-state index in [2.05, 4.69) is 18.6 Å². The highest BCUT2D eigenvalue weighted by Gasteiger charge is 2.59. The zero-order valence-corrected chi connectivity index (χ0v) is 24.6. The number of amides is 2. The molecule has 0 spiro atoms. The Labute approximate surface area is 227 Å². The maximum atomic E-state index is 12.8. The van der Waals surface area contributed by atoms with Crippen LogP contribution in [0.5, 0.6) is 0 Å². The minimum absolute atomic E-state index is 0.0326. The van der Waals surface area contributed by atoms with Crippen LogP contribution in [-0.4, -0.2) is 73.3 Å². The summed E-state index contributed by atoms with van der Waals surface area (Å²) in [5.41, 5.74) is 7.93. The number of rotatable bonds is 3. The van der Waals surface area contributed by atoms with Crippen molar-refractivity contribution >= 4 is 28.8 Å². The smallest absolute Gasteiger partial charge is 0.357 e. The van der Waals surface area contributed by atoms with Gasteiger partial charge in [-0.2, -0.15) is 0 Å². The minimum Gasteiger partial charge on any atom is -0.357 e. The van der Waals surface area contributed by atoms with Crippen LogP contribution in [0.1, 0.15) is 62.3 Å². The van der Waals surface area contributed by atoms with Gasteiger partial charge in [-0.1, -0.05) is 52.8 Å². The van der Waals surface area contributed by atoms with E-state index >= 15 is 0 Å². The van der Waals surface area contributed by atoms with Crippen molar-refractivity contribution < 1.29 is 32.2 Å². The van der Waals surface area contributed by atoms with Gasteiger partial charge < -0.3 is 24.1 Å². The van der Waals surface area contributed by atoms with Gasteiger partial charge in [-0.05, 0) is 51.2 Å². The van der Waals surface area contributed by atoms with Gasteiger partial charge >= 0.3 is 11.8 Å². The van der Waals surface area contributed by atoms with Crippen molar-refractivity contribution in [2.45, 2.75) is 90.7 Å². The fourth-order valence-electron chi connectivity index (χ4n) is 5.15. The van der Waals surface area contributed by atoms with Crippen LogP contribution in [0.2, 0.25) is 0 Å². The maximum absolute atomic E-state index is 12.8. The Morgan fingerprint density at radius 3 is 2.18 bits per heavy atom. The summed E-state index contributed by atoms with van der Waals surface area (Å²) < 4.78 is 28.6. The Balaban J connectivity index is 0.000000241. The number of hydrogen-bond acceptors (Lipinski definition) is 6. The van der Waals surface area contributed by atoms with Crippen LogP contribution < -0.4 is 0 Å². The molecule has 11 heteroatoms. The van der Waals surface area contributed by atoms with Crippen molar-refractivity contribution in [2.75, 3.05) is 13.2 Å². The molecule has 2 amide bonds. The summed E-state index contributed by atoms with van der Waals surface area (Å²) in [4.78, 5) is 31.5. The molecule has 3 saturated heterocycles. The van der Waals surface area contributed by atoms with E-state index in [9.17, 15) is 19.3 Å². The molecule has 0 aliphatic carbocycles. The van der Waals surface area contributed by atoms with Crippen molar-refractivity contribution in [3.8, 4) is 0 Å². The van der Waals surface area contributed by atoms with Crippen LogP contribution in [0.15, 0.2) is 35.2 Å². The molecule has 3 heterocycles.